The minimum absolute atomic E-state index is 0.115. The molecule has 2 aromatic carbocycles. The molecule has 1 fully saturated rings. The van der Waals surface area contributed by atoms with Gasteiger partial charge in [-0.3, -0.25) is 4.72 Å². The van der Waals surface area contributed by atoms with E-state index in [1.165, 1.54) is 30.3 Å². The molecule has 2 aromatic rings. The molecule has 0 spiro atoms. The van der Waals surface area contributed by atoms with Gasteiger partial charge in [0.05, 0.1) is 33.5 Å². The minimum atomic E-state index is -4.59. The van der Waals surface area contributed by atoms with Crippen LogP contribution >= 0.6 is 0 Å². The molecule has 0 atom stereocenters. The van der Waals surface area contributed by atoms with Gasteiger partial charge in [-0.05, 0) is 55.3 Å². The minimum Gasteiger partial charge on any atom is -0.370 e. The Hall–Kier alpha value is -2.73. The fraction of sp³-hybridized carbons (Fsp3) is 0.278. The second-order valence-corrected chi connectivity index (χ2v) is 7.85. The zero-order valence-electron chi connectivity index (χ0n) is 14.1. The quantitative estimate of drug-likeness (QED) is 0.850. The van der Waals surface area contributed by atoms with Crippen molar-refractivity contribution in [2.75, 3.05) is 22.7 Å². The lowest BCUT2D eigenvalue weighted by Crippen LogP contribution is -2.22. The number of nitriles is 1. The smallest absolute Gasteiger partial charge is 0.370 e. The Labute approximate surface area is 155 Å². The molecule has 142 valence electrons. The van der Waals surface area contributed by atoms with Crippen LogP contribution in [0.25, 0.3) is 0 Å². The number of nitrogens with zero attached hydrogens (tertiary/aromatic N) is 2. The standard InChI is InChI=1S/C18H16F3N3O2S/c19-18(20,21)14-5-8-17(24-9-1-2-10-24)16(11-14)23-27(25,26)15-6-3-13(12-22)4-7-15/h3-8,11,23H,1-2,9-10H2. The molecule has 1 N–H and O–H groups in total. The highest BCUT2D eigenvalue weighted by molar-refractivity contribution is 7.92. The van der Waals surface area contributed by atoms with E-state index in [9.17, 15) is 21.6 Å². The maximum atomic E-state index is 13.1. The monoisotopic (exact) mass is 395 g/mol. The summed E-state index contributed by atoms with van der Waals surface area (Å²) in [4.78, 5) is 1.72. The molecular formula is C18H16F3N3O2S. The number of nitrogens with one attached hydrogen (secondary N) is 1. The van der Waals surface area contributed by atoms with Gasteiger partial charge in [0.1, 0.15) is 0 Å². The van der Waals surface area contributed by atoms with Gasteiger partial charge >= 0.3 is 6.18 Å². The van der Waals surface area contributed by atoms with E-state index in [0.29, 0.717) is 18.8 Å². The summed E-state index contributed by atoms with van der Waals surface area (Å²) in [6, 6.07) is 10.1. The van der Waals surface area contributed by atoms with Crippen LogP contribution in [0.5, 0.6) is 0 Å². The third-order valence-electron chi connectivity index (χ3n) is 4.31. The maximum absolute atomic E-state index is 13.1. The Morgan fingerprint density at radius 1 is 1.04 bits per heavy atom. The van der Waals surface area contributed by atoms with Gasteiger partial charge in [-0.2, -0.15) is 18.4 Å². The van der Waals surface area contributed by atoms with Gasteiger partial charge in [-0.1, -0.05) is 0 Å². The van der Waals surface area contributed by atoms with Crippen molar-refractivity contribution >= 4 is 21.4 Å². The molecule has 1 aliphatic heterocycles. The summed E-state index contributed by atoms with van der Waals surface area (Å²) >= 11 is 0. The Morgan fingerprint density at radius 2 is 1.67 bits per heavy atom. The van der Waals surface area contributed by atoms with Crippen LogP contribution in [0.15, 0.2) is 47.4 Å². The number of sulfonamides is 1. The zero-order valence-corrected chi connectivity index (χ0v) is 14.9. The first kappa shape index (κ1) is 19.0. The third-order valence-corrected chi connectivity index (χ3v) is 5.69. The van der Waals surface area contributed by atoms with E-state index >= 15 is 0 Å². The first-order valence-electron chi connectivity index (χ1n) is 8.20. The lowest BCUT2D eigenvalue weighted by molar-refractivity contribution is -0.137. The van der Waals surface area contributed by atoms with Crippen LogP contribution in [-0.4, -0.2) is 21.5 Å². The molecule has 3 rings (SSSR count). The van der Waals surface area contributed by atoms with E-state index in [1.807, 2.05) is 11.0 Å². The Morgan fingerprint density at radius 3 is 2.22 bits per heavy atom. The van der Waals surface area contributed by atoms with Gasteiger partial charge in [0.2, 0.25) is 0 Å². The van der Waals surface area contributed by atoms with Crippen LogP contribution in [0.3, 0.4) is 0 Å². The van der Waals surface area contributed by atoms with Crippen LogP contribution in [0.2, 0.25) is 0 Å². The van der Waals surface area contributed by atoms with Crippen molar-refractivity contribution in [2.24, 2.45) is 0 Å². The lowest BCUT2D eigenvalue weighted by atomic mass is 10.1. The van der Waals surface area contributed by atoms with Crippen molar-refractivity contribution in [3.63, 3.8) is 0 Å². The summed E-state index contributed by atoms with van der Waals surface area (Å²) in [7, 11) is -4.11. The molecule has 0 bridgehead atoms. The molecule has 9 heteroatoms. The molecule has 0 unspecified atom stereocenters. The molecule has 0 aromatic heterocycles. The summed E-state index contributed by atoms with van der Waals surface area (Å²) < 4.78 is 66.8. The van der Waals surface area contributed by atoms with Crippen molar-refractivity contribution in [2.45, 2.75) is 23.9 Å². The van der Waals surface area contributed by atoms with Gasteiger partial charge in [0.15, 0.2) is 0 Å². The predicted molar refractivity (Wildman–Crippen MR) is 94.9 cm³/mol. The number of hydrogen-bond donors (Lipinski definition) is 1. The normalized spacial score (nSPS) is 14.8. The molecule has 5 nitrogen and oxygen atoms in total. The van der Waals surface area contributed by atoms with Gasteiger partial charge in [0.25, 0.3) is 10.0 Å². The lowest BCUT2D eigenvalue weighted by Gasteiger charge is -2.23. The van der Waals surface area contributed by atoms with Crippen LogP contribution in [0, 0.1) is 11.3 Å². The van der Waals surface area contributed by atoms with Crippen LogP contribution in [0.1, 0.15) is 24.0 Å². The number of hydrogen-bond acceptors (Lipinski definition) is 4. The van der Waals surface area contributed by atoms with Crippen molar-refractivity contribution in [3.05, 3.63) is 53.6 Å². The largest absolute Gasteiger partial charge is 0.416 e. The van der Waals surface area contributed by atoms with E-state index in [4.69, 9.17) is 5.26 Å². The molecule has 0 amide bonds. The van der Waals surface area contributed by atoms with Crippen molar-refractivity contribution < 1.29 is 21.6 Å². The molecular weight excluding hydrogens is 379 g/mol. The molecule has 0 saturated carbocycles. The van der Waals surface area contributed by atoms with E-state index in [0.717, 1.165) is 25.0 Å². The van der Waals surface area contributed by atoms with Crippen molar-refractivity contribution in [1.82, 2.24) is 0 Å². The molecule has 1 heterocycles. The summed E-state index contributed by atoms with van der Waals surface area (Å²) in [5.41, 5.74) is -0.345. The summed E-state index contributed by atoms with van der Waals surface area (Å²) in [6.07, 6.45) is -2.80. The van der Waals surface area contributed by atoms with Crippen molar-refractivity contribution in [1.29, 1.82) is 5.26 Å². The fourth-order valence-corrected chi connectivity index (χ4v) is 4.01. The molecule has 27 heavy (non-hydrogen) atoms. The molecule has 1 saturated heterocycles. The van der Waals surface area contributed by atoms with Crippen LogP contribution in [0.4, 0.5) is 24.5 Å². The average molecular weight is 395 g/mol. The second kappa shape index (κ2) is 7.12. The number of benzene rings is 2. The fourth-order valence-electron chi connectivity index (χ4n) is 2.94. The third kappa shape index (κ3) is 4.17. The van der Waals surface area contributed by atoms with Crippen molar-refractivity contribution in [3.8, 4) is 6.07 Å². The molecule has 1 aliphatic rings. The molecule has 0 radical (unpaired) electrons. The Bertz CT molecular complexity index is 974. The van der Waals surface area contributed by atoms with E-state index in [1.54, 1.807) is 0 Å². The van der Waals surface area contributed by atoms with E-state index in [-0.39, 0.29) is 16.1 Å². The number of alkyl halides is 3. The predicted octanol–water partition coefficient (Wildman–Crippen LogP) is 3.98. The Balaban J connectivity index is 2.01. The molecule has 0 aliphatic carbocycles. The van der Waals surface area contributed by atoms with Gasteiger partial charge < -0.3 is 4.90 Å². The highest BCUT2D eigenvalue weighted by Gasteiger charge is 2.32. The highest BCUT2D eigenvalue weighted by Crippen LogP contribution is 2.37. The number of anilines is 2. The highest BCUT2D eigenvalue weighted by atomic mass is 32.2. The topological polar surface area (TPSA) is 73.2 Å². The van der Waals surface area contributed by atoms with Crippen LogP contribution in [-0.2, 0) is 16.2 Å². The van der Waals surface area contributed by atoms with E-state index in [2.05, 4.69) is 4.72 Å². The average Bonchev–Trinajstić information content (AvgIpc) is 3.15. The van der Waals surface area contributed by atoms with Gasteiger partial charge in [-0.15, -0.1) is 0 Å². The number of halogens is 3. The summed E-state index contributed by atoms with van der Waals surface area (Å²) in [5.74, 6) is 0. The van der Waals surface area contributed by atoms with Crippen LogP contribution < -0.4 is 9.62 Å². The number of rotatable bonds is 4. The first-order chi connectivity index (χ1) is 12.7. The van der Waals surface area contributed by atoms with Gasteiger partial charge in [-0.25, -0.2) is 8.42 Å². The summed E-state index contributed by atoms with van der Waals surface area (Å²) in [5, 5.41) is 8.80. The first-order valence-corrected chi connectivity index (χ1v) is 9.68. The van der Waals surface area contributed by atoms with E-state index < -0.39 is 21.8 Å². The summed E-state index contributed by atoms with van der Waals surface area (Å²) in [6.45, 7) is 1.30. The zero-order chi connectivity index (χ0) is 19.7. The second-order valence-electron chi connectivity index (χ2n) is 6.17. The SMILES string of the molecule is N#Cc1ccc(S(=O)(=O)Nc2cc(C(F)(F)F)ccc2N2CCCC2)cc1. The maximum Gasteiger partial charge on any atom is 0.416 e. The Kier molecular flexibility index (Phi) is 5.02. The van der Waals surface area contributed by atoms with Gasteiger partial charge in [0, 0.05) is 13.1 Å².